The smallest absolute Gasteiger partial charge is 0.306 e. The molecule has 1 atom stereocenters. The number of hydrogen-bond donors (Lipinski definition) is 2. The molecule has 0 amide bonds. The number of pyridine rings is 1. The Hall–Kier alpha value is -1.42. The first kappa shape index (κ1) is 10.1. The second-order valence-electron chi connectivity index (χ2n) is 3.95. The van der Waals surface area contributed by atoms with Crippen molar-refractivity contribution in [2.45, 2.75) is 31.3 Å². The summed E-state index contributed by atoms with van der Waals surface area (Å²) in [5, 5.41) is 19.0. The zero-order valence-electron chi connectivity index (χ0n) is 8.31. The highest BCUT2D eigenvalue weighted by atomic mass is 16.4. The van der Waals surface area contributed by atoms with Gasteiger partial charge in [-0.1, -0.05) is 6.07 Å². The third-order valence-electron chi connectivity index (χ3n) is 2.84. The lowest BCUT2D eigenvalue weighted by Crippen LogP contribution is -2.33. The van der Waals surface area contributed by atoms with E-state index in [1.54, 1.807) is 18.3 Å². The van der Waals surface area contributed by atoms with Gasteiger partial charge in [0.1, 0.15) is 5.60 Å². The van der Waals surface area contributed by atoms with Gasteiger partial charge in [-0.3, -0.25) is 9.78 Å². The van der Waals surface area contributed by atoms with Gasteiger partial charge in [-0.05, 0) is 25.3 Å². The number of carboxylic acids is 1. The van der Waals surface area contributed by atoms with Gasteiger partial charge in [0.2, 0.25) is 0 Å². The van der Waals surface area contributed by atoms with E-state index < -0.39 is 11.6 Å². The van der Waals surface area contributed by atoms with E-state index in [4.69, 9.17) is 5.11 Å². The highest BCUT2D eigenvalue weighted by molar-refractivity contribution is 5.68. The molecule has 0 saturated carbocycles. The van der Waals surface area contributed by atoms with Crippen LogP contribution in [0.25, 0.3) is 0 Å². The van der Waals surface area contributed by atoms with Gasteiger partial charge in [-0.2, -0.15) is 0 Å². The summed E-state index contributed by atoms with van der Waals surface area (Å²) in [5.41, 5.74) is 0.277. The molecule has 1 heterocycles. The van der Waals surface area contributed by atoms with Crippen LogP contribution in [0.5, 0.6) is 0 Å². The van der Waals surface area contributed by atoms with Gasteiger partial charge in [0.25, 0.3) is 0 Å². The minimum absolute atomic E-state index is 0.244. The number of nitrogens with zero attached hydrogens (tertiary/aromatic N) is 1. The molecule has 1 aliphatic rings. The van der Waals surface area contributed by atoms with E-state index in [2.05, 4.69) is 4.98 Å². The van der Waals surface area contributed by atoms with Crippen molar-refractivity contribution in [1.29, 1.82) is 0 Å². The van der Waals surface area contributed by atoms with Crippen LogP contribution in [0, 0.1) is 0 Å². The average molecular weight is 207 g/mol. The van der Waals surface area contributed by atoms with Crippen molar-refractivity contribution in [2.24, 2.45) is 0 Å². The molecule has 1 aromatic heterocycles. The molecule has 2 rings (SSSR count). The molecule has 0 fully saturated rings. The van der Waals surface area contributed by atoms with Crippen LogP contribution in [0.2, 0.25) is 0 Å². The molecule has 0 saturated heterocycles. The van der Waals surface area contributed by atoms with Gasteiger partial charge in [-0.15, -0.1) is 0 Å². The molecule has 2 N–H and O–H groups in total. The van der Waals surface area contributed by atoms with E-state index in [0.717, 1.165) is 18.5 Å². The summed E-state index contributed by atoms with van der Waals surface area (Å²) in [6.45, 7) is 0. The maximum atomic E-state index is 10.7. The van der Waals surface area contributed by atoms with Crippen molar-refractivity contribution in [3.05, 3.63) is 29.6 Å². The normalized spacial score (nSPS) is 24.6. The predicted molar refractivity (Wildman–Crippen MR) is 53.3 cm³/mol. The second-order valence-corrected chi connectivity index (χ2v) is 3.95. The van der Waals surface area contributed by atoms with E-state index in [1.807, 2.05) is 0 Å². The molecule has 4 nitrogen and oxygen atoms in total. The van der Waals surface area contributed by atoms with Crippen molar-refractivity contribution in [1.82, 2.24) is 4.98 Å². The molecule has 0 spiro atoms. The quantitative estimate of drug-likeness (QED) is 0.761. The minimum Gasteiger partial charge on any atom is -0.481 e. The summed E-state index contributed by atoms with van der Waals surface area (Å²) in [5.74, 6) is -0.978. The number of hydrogen-bond acceptors (Lipinski definition) is 3. The topological polar surface area (TPSA) is 70.4 Å². The van der Waals surface area contributed by atoms with Crippen LogP contribution in [0.3, 0.4) is 0 Å². The Morgan fingerprint density at radius 3 is 3.13 bits per heavy atom. The summed E-state index contributed by atoms with van der Waals surface area (Å²) in [4.78, 5) is 14.9. The summed E-state index contributed by atoms with van der Waals surface area (Å²) >= 11 is 0. The van der Waals surface area contributed by atoms with Crippen LogP contribution in [0.1, 0.15) is 30.5 Å². The average Bonchev–Trinajstić information content (AvgIpc) is 2.17. The molecular weight excluding hydrogens is 194 g/mol. The van der Waals surface area contributed by atoms with E-state index in [9.17, 15) is 9.90 Å². The van der Waals surface area contributed by atoms with Gasteiger partial charge in [-0.25, -0.2) is 0 Å². The van der Waals surface area contributed by atoms with E-state index in [1.165, 1.54) is 0 Å². The fourth-order valence-corrected chi connectivity index (χ4v) is 2.18. The molecule has 1 aliphatic carbocycles. The highest BCUT2D eigenvalue weighted by Gasteiger charge is 2.36. The van der Waals surface area contributed by atoms with Crippen LogP contribution in [-0.2, 0) is 16.8 Å². The number of carboxylic acid groups (broad SMARTS) is 1. The van der Waals surface area contributed by atoms with Gasteiger partial charge in [0.15, 0.2) is 0 Å². The van der Waals surface area contributed by atoms with Crippen LogP contribution in [0.4, 0.5) is 0 Å². The first-order valence-corrected chi connectivity index (χ1v) is 5.00. The lowest BCUT2D eigenvalue weighted by Gasteiger charge is -2.32. The third-order valence-corrected chi connectivity index (χ3v) is 2.84. The van der Waals surface area contributed by atoms with Crippen molar-refractivity contribution < 1.29 is 15.0 Å². The summed E-state index contributed by atoms with van der Waals surface area (Å²) in [6, 6.07) is 3.50. The first-order valence-electron chi connectivity index (χ1n) is 5.00. The molecule has 0 aliphatic heterocycles. The molecule has 1 unspecified atom stereocenters. The number of aliphatic hydroxyl groups is 1. The molecule has 4 heteroatoms. The molecule has 1 aromatic rings. The number of aryl methyl sites for hydroxylation is 1. The zero-order valence-corrected chi connectivity index (χ0v) is 8.31. The predicted octanol–water partition coefficient (Wildman–Crippen LogP) is 1.08. The number of aromatic nitrogens is 1. The number of carbonyl (C=O) groups is 1. The monoisotopic (exact) mass is 207 g/mol. The number of fused-ring (bicyclic) bond motifs is 1. The van der Waals surface area contributed by atoms with Gasteiger partial charge in [0.05, 0.1) is 6.42 Å². The Morgan fingerprint density at radius 1 is 1.60 bits per heavy atom. The van der Waals surface area contributed by atoms with Crippen LogP contribution < -0.4 is 0 Å². The minimum atomic E-state index is -1.23. The fourth-order valence-electron chi connectivity index (χ4n) is 2.18. The summed E-state index contributed by atoms with van der Waals surface area (Å²) in [7, 11) is 0. The van der Waals surface area contributed by atoms with Gasteiger partial charge in [0, 0.05) is 17.5 Å². The molecule has 15 heavy (non-hydrogen) atoms. The van der Waals surface area contributed by atoms with Crippen molar-refractivity contribution in [3.8, 4) is 0 Å². The zero-order chi connectivity index (χ0) is 10.9. The van der Waals surface area contributed by atoms with E-state index >= 15 is 0 Å². The molecule has 0 radical (unpaired) electrons. The summed E-state index contributed by atoms with van der Waals surface area (Å²) in [6.07, 6.45) is 3.53. The standard InChI is InChI=1S/C11H13NO3/c13-10(14)7-11(15)5-1-4-9-8(11)3-2-6-12-9/h2-3,6,15H,1,4-5,7H2,(H,13,14). The largest absolute Gasteiger partial charge is 0.481 e. The van der Waals surface area contributed by atoms with Crippen molar-refractivity contribution in [2.75, 3.05) is 0 Å². The maximum absolute atomic E-state index is 10.7. The molecular formula is C11H13NO3. The fraction of sp³-hybridized carbons (Fsp3) is 0.455. The number of rotatable bonds is 2. The summed E-state index contributed by atoms with van der Waals surface area (Å²) < 4.78 is 0. The Kier molecular flexibility index (Phi) is 2.44. The maximum Gasteiger partial charge on any atom is 0.306 e. The third kappa shape index (κ3) is 1.85. The van der Waals surface area contributed by atoms with E-state index in [0.29, 0.717) is 12.0 Å². The Morgan fingerprint density at radius 2 is 2.40 bits per heavy atom. The lowest BCUT2D eigenvalue weighted by molar-refractivity contribution is -0.143. The van der Waals surface area contributed by atoms with Crippen molar-refractivity contribution >= 4 is 5.97 Å². The van der Waals surface area contributed by atoms with Gasteiger partial charge >= 0.3 is 5.97 Å². The van der Waals surface area contributed by atoms with Gasteiger partial charge < -0.3 is 10.2 Å². The molecule has 0 bridgehead atoms. The Bertz CT molecular complexity index is 391. The van der Waals surface area contributed by atoms with Crippen LogP contribution in [-0.4, -0.2) is 21.2 Å². The van der Waals surface area contributed by atoms with Crippen molar-refractivity contribution in [3.63, 3.8) is 0 Å². The molecule has 0 aromatic carbocycles. The first-order chi connectivity index (χ1) is 7.12. The van der Waals surface area contributed by atoms with Crippen LogP contribution in [0.15, 0.2) is 18.3 Å². The van der Waals surface area contributed by atoms with Crippen LogP contribution >= 0.6 is 0 Å². The highest BCUT2D eigenvalue weighted by Crippen LogP contribution is 2.36. The van der Waals surface area contributed by atoms with E-state index in [-0.39, 0.29) is 6.42 Å². The SMILES string of the molecule is O=C(O)CC1(O)CCCc2ncccc21. The Balaban J connectivity index is 2.40. The number of aliphatic carboxylic acids is 1. The Labute approximate surface area is 87.6 Å². The second kappa shape index (κ2) is 3.62. The molecule has 80 valence electrons. The lowest BCUT2D eigenvalue weighted by atomic mass is 9.79.